The van der Waals surface area contributed by atoms with Crippen molar-refractivity contribution in [1.29, 1.82) is 0 Å². The highest BCUT2D eigenvalue weighted by Gasteiger charge is 1.96. The molecule has 0 aliphatic rings. The van der Waals surface area contributed by atoms with Gasteiger partial charge in [-0.3, -0.25) is 9.44 Å². The highest BCUT2D eigenvalue weighted by atomic mass is 33.7. The normalized spacial score (nSPS) is 9.00. The second-order valence-electron chi connectivity index (χ2n) is 1.24. The Bertz CT molecular complexity index is 147. The predicted molar refractivity (Wildman–Crippen MR) is 55.8 cm³/mol. The minimum atomic E-state index is -0.610. The second-order valence-corrected chi connectivity index (χ2v) is 6.52. The van der Waals surface area contributed by atoms with Crippen LogP contribution in [0.15, 0.2) is 0 Å². The molecule has 0 aromatic heterocycles. The predicted octanol–water partition coefficient (Wildman–Crippen LogP) is 0.831. The van der Waals surface area contributed by atoms with Gasteiger partial charge in [0, 0.05) is 41.6 Å². The lowest BCUT2D eigenvalue weighted by Crippen LogP contribution is -2.22. The summed E-state index contributed by atoms with van der Waals surface area (Å²) in [7, 11) is 4.59. The molecule has 0 aromatic carbocycles. The Morgan fingerprint density at radius 2 is 1.25 bits per heavy atom. The van der Waals surface area contributed by atoms with Crippen molar-refractivity contribution in [3.8, 4) is 0 Å². The zero-order valence-electron chi connectivity index (χ0n) is 5.60. The summed E-state index contributed by atoms with van der Waals surface area (Å²) in [5, 5.41) is 0. The monoisotopic (exact) mass is 246 g/mol. The van der Waals surface area contributed by atoms with Gasteiger partial charge in [-0.25, -0.2) is 9.59 Å². The van der Waals surface area contributed by atoms with Gasteiger partial charge in [0.05, 0.1) is 0 Å². The van der Waals surface area contributed by atoms with Crippen LogP contribution in [0.3, 0.4) is 0 Å². The number of primary amides is 2. The zero-order valence-corrected chi connectivity index (χ0v) is 8.87. The molecule has 6 nitrogen and oxygen atoms in total. The Kier molecular flexibility index (Phi) is 7.54. The smallest absolute Gasteiger partial charge is 0.322 e. The molecule has 0 saturated heterocycles. The van der Waals surface area contributed by atoms with Crippen LogP contribution in [0.25, 0.3) is 0 Å². The summed E-state index contributed by atoms with van der Waals surface area (Å²) in [6.07, 6.45) is 0. The number of carbonyl (C=O) groups is 2. The van der Waals surface area contributed by atoms with Crippen LogP contribution in [-0.4, -0.2) is 12.1 Å². The van der Waals surface area contributed by atoms with E-state index in [0.717, 1.165) is 22.0 Å². The van der Waals surface area contributed by atoms with E-state index in [1.807, 2.05) is 0 Å². The molecule has 12 heavy (non-hydrogen) atoms. The molecule has 0 saturated carbocycles. The first kappa shape index (κ1) is 11.9. The summed E-state index contributed by atoms with van der Waals surface area (Å²) in [6.45, 7) is 0. The quantitative estimate of drug-likeness (QED) is 0.325. The highest BCUT2D eigenvalue weighted by molar-refractivity contribution is 9.25. The third-order valence-electron chi connectivity index (χ3n) is 0.380. The Hall–Kier alpha value is -0.0600. The van der Waals surface area contributed by atoms with Crippen LogP contribution in [0.1, 0.15) is 0 Å². The number of rotatable bonds is 5. The first-order valence-corrected chi connectivity index (χ1v) is 7.21. The maximum Gasteiger partial charge on any atom is 0.322 e. The first-order valence-electron chi connectivity index (χ1n) is 2.39. The van der Waals surface area contributed by atoms with E-state index >= 15 is 0 Å². The van der Waals surface area contributed by atoms with Crippen molar-refractivity contribution in [2.24, 2.45) is 11.5 Å². The summed E-state index contributed by atoms with van der Waals surface area (Å²) in [5.41, 5.74) is 9.53. The van der Waals surface area contributed by atoms with E-state index in [0.29, 0.717) is 0 Å². The fourth-order valence-corrected chi connectivity index (χ4v) is 3.91. The molecule has 0 radical (unpaired) electrons. The molecule has 10 heteroatoms. The van der Waals surface area contributed by atoms with Gasteiger partial charge >= 0.3 is 12.1 Å². The molecule has 0 rings (SSSR count). The maximum atomic E-state index is 10.1. The minimum Gasteiger partial charge on any atom is -0.351 e. The lowest BCUT2D eigenvalue weighted by atomic mass is 11.2. The average molecular weight is 246 g/mol. The van der Waals surface area contributed by atoms with Crippen LogP contribution in [-0.2, 0) is 0 Å². The third-order valence-corrected chi connectivity index (χ3v) is 5.44. The number of urea groups is 2. The molecule has 6 N–H and O–H groups in total. The van der Waals surface area contributed by atoms with Gasteiger partial charge in [0.2, 0.25) is 0 Å². The van der Waals surface area contributed by atoms with Crippen LogP contribution in [0, 0.1) is 0 Å². The molecule has 0 unspecified atom stereocenters. The minimum absolute atomic E-state index is 0.610. The topological polar surface area (TPSA) is 110 Å². The van der Waals surface area contributed by atoms with Gasteiger partial charge in [0.15, 0.2) is 0 Å². The van der Waals surface area contributed by atoms with Gasteiger partial charge in [-0.1, -0.05) is 0 Å². The molecule has 0 bridgehead atoms. The molecule has 70 valence electrons. The van der Waals surface area contributed by atoms with Gasteiger partial charge in [-0.2, -0.15) is 0 Å². The van der Waals surface area contributed by atoms with Gasteiger partial charge in [0.1, 0.15) is 0 Å². The molecule has 0 atom stereocenters. The Labute approximate surface area is 84.2 Å². The van der Waals surface area contributed by atoms with E-state index in [4.69, 9.17) is 11.5 Å². The lowest BCUT2D eigenvalue weighted by molar-refractivity contribution is 0.253. The van der Waals surface area contributed by atoms with Crippen molar-refractivity contribution >= 4 is 53.7 Å². The number of carbonyl (C=O) groups excluding carboxylic acids is 2. The zero-order chi connectivity index (χ0) is 9.40. The lowest BCUT2D eigenvalue weighted by Gasteiger charge is -1.98. The molecule has 0 aliphatic carbocycles. The molecule has 4 amide bonds. The van der Waals surface area contributed by atoms with Crippen LogP contribution in [0.4, 0.5) is 9.59 Å². The maximum absolute atomic E-state index is 10.1. The largest absolute Gasteiger partial charge is 0.351 e. The standard InChI is InChI=1S/C2H6N4O2S4/c3-1(7)5-9-11-12-10-6-2(4)8/h(H3,3,5,7)(H3,4,6,8). The van der Waals surface area contributed by atoms with Crippen molar-refractivity contribution in [3.05, 3.63) is 0 Å². The van der Waals surface area contributed by atoms with Crippen LogP contribution in [0.5, 0.6) is 0 Å². The molecule has 0 heterocycles. The van der Waals surface area contributed by atoms with E-state index in [2.05, 4.69) is 9.44 Å². The van der Waals surface area contributed by atoms with Crippen molar-refractivity contribution in [1.82, 2.24) is 9.44 Å². The van der Waals surface area contributed by atoms with E-state index in [9.17, 15) is 9.59 Å². The van der Waals surface area contributed by atoms with Crippen molar-refractivity contribution in [3.63, 3.8) is 0 Å². The second kappa shape index (κ2) is 7.58. The summed E-state index contributed by atoms with van der Waals surface area (Å²) in [6, 6.07) is -1.22. The van der Waals surface area contributed by atoms with E-state index in [1.165, 1.54) is 19.7 Å². The summed E-state index contributed by atoms with van der Waals surface area (Å²) < 4.78 is 4.55. The molecule has 0 fully saturated rings. The first-order chi connectivity index (χ1) is 5.63. The van der Waals surface area contributed by atoms with Crippen molar-refractivity contribution in [2.75, 3.05) is 0 Å². The molecule has 0 aromatic rings. The Balaban J connectivity index is 3.01. The summed E-state index contributed by atoms with van der Waals surface area (Å²) in [5.74, 6) is 0. The average Bonchev–Trinajstić information content (AvgIpc) is 1.95. The van der Waals surface area contributed by atoms with Gasteiger partial charge in [-0.15, -0.1) is 0 Å². The number of nitrogens with two attached hydrogens (primary N) is 2. The van der Waals surface area contributed by atoms with Crippen LogP contribution in [0.2, 0.25) is 0 Å². The molecule has 0 spiro atoms. The SMILES string of the molecule is NC(=O)NSSSSNC(N)=O. The van der Waals surface area contributed by atoms with Gasteiger partial charge in [0.25, 0.3) is 0 Å². The summed E-state index contributed by atoms with van der Waals surface area (Å²) >= 11 is 0. The molecular weight excluding hydrogens is 240 g/mol. The fraction of sp³-hybridized carbons (Fsp3) is 0. The third kappa shape index (κ3) is 9.94. The van der Waals surface area contributed by atoms with Crippen LogP contribution < -0.4 is 20.9 Å². The van der Waals surface area contributed by atoms with Gasteiger partial charge in [-0.05, 0) is 0 Å². The van der Waals surface area contributed by atoms with E-state index < -0.39 is 12.1 Å². The molecule has 0 aliphatic heterocycles. The number of nitrogens with one attached hydrogen (secondary N) is 2. The van der Waals surface area contributed by atoms with E-state index in [-0.39, 0.29) is 0 Å². The Morgan fingerprint density at radius 1 is 0.917 bits per heavy atom. The summed E-state index contributed by atoms with van der Waals surface area (Å²) in [4.78, 5) is 20.2. The van der Waals surface area contributed by atoms with Gasteiger partial charge < -0.3 is 11.5 Å². The number of amides is 4. The number of hydrogen-bond acceptors (Lipinski definition) is 6. The Morgan fingerprint density at radius 3 is 1.50 bits per heavy atom. The fourth-order valence-electron chi connectivity index (χ4n) is 0.144. The van der Waals surface area contributed by atoms with Crippen molar-refractivity contribution < 1.29 is 9.59 Å². The highest BCUT2D eigenvalue weighted by Crippen LogP contribution is 2.39. The van der Waals surface area contributed by atoms with Crippen LogP contribution >= 0.6 is 41.6 Å². The number of hydrogen-bond donors (Lipinski definition) is 4. The van der Waals surface area contributed by atoms with Crippen molar-refractivity contribution in [2.45, 2.75) is 0 Å². The molecular formula is C2H6N4O2S4. The van der Waals surface area contributed by atoms with E-state index in [1.54, 1.807) is 0 Å².